The maximum absolute atomic E-state index is 2.48. The minimum Gasteiger partial charge on any atom is -0.310 e. The molecule has 1 aromatic heterocycles. The first kappa shape index (κ1) is 33.5. The van der Waals surface area contributed by atoms with Crippen molar-refractivity contribution >= 4 is 60.4 Å². The third-order valence-corrected chi connectivity index (χ3v) is 12.6. The average molecular weight is 751 g/mol. The van der Waals surface area contributed by atoms with E-state index in [4.69, 9.17) is 0 Å². The molecular formula is C57H38N2. The van der Waals surface area contributed by atoms with Gasteiger partial charge in [-0.25, -0.2) is 0 Å². The lowest BCUT2D eigenvalue weighted by Crippen LogP contribution is -2.28. The zero-order chi connectivity index (χ0) is 38.9. The topological polar surface area (TPSA) is 8.17 Å². The minimum atomic E-state index is -0.514. The predicted octanol–water partition coefficient (Wildman–Crippen LogP) is 14.9. The van der Waals surface area contributed by atoms with Crippen LogP contribution in [0, 0.1) is 0 Å². The number of anilines is 3. The third-order valence-electron chi connectivity index (χ3n) is 12.6. The fourth-order valence-electron chi connectivity index (χ4n) is 10.2. The molecule has 0 amide bonds. The van der Waals surface area contributed by atoms with Crippen molar-refractivity contribution in [1.29, 1.82) is 0 Å². The number of nitrogens with zero attached hydrogens (tertiary/aromatic N) is 2. The van der Waals surface area contributed by atoms with E-state index in [1.165, 1.54) is 82.4 Å². The molecule has 0 fully saturated rings. The molecule has 276 valence electrons. The summed E-state index contributed by atoms with van der Waals surface area (Å²) in [5.41, 5.74) is 14.0. The molecule has 0 atom stereocenters. The summed E-state index contributed by atoms with van der Waals surface area (Å²) in [5, 5.41) is 7.33. The largest absolute Gasteiger partial charge is 0.310 e. The van der Waals surface area contributed by atoms with Crippen LogP contribution in [0.15, 0.2) is 231 Å². The summed E-state index contributed by atoms with van der Waals surface area (Å²) in [6.45, 7) is 0. The van der Waals surface area contributed by atoms with E-state index in [1.807, 2.05) is 0 Å². The van der Waals surface area contributed by atoms with Crippen molar-refractivity contribution in [2.45, 2.75) is 5.41 Å². The van der Waals surface area contributed by atoms with Gasteiger partial charge in [-0.15, -0.1) is 0 Å². The van der Waals surface area contributed by atoms with Crippen LogP contribution in [0.25, 0.3) is 60.2 Å². The Labute approximate surface area is 343 Å². The highest BCUT2D eigenvalue weighted by atomic mass is 15.1. The Kier molecular flexibility index (Phi) is 7.48. The van der Waals surface area contributed by atoms with Crippen molar-refractivity contribution in [2.24, 2.45) is 0 Å². The van der Waals surface area contributed by atoms with Crippen molar-refractivity contribution in [3.8, 4) is 16.8 Å². The van der Waals surface area contributed by atoms with E-state index in [-0.39, 0.29) is 0 Å². The molecule has 0 saturated heterocycles. The second-order valence-corrected chi connectivity index (χ2v) is 15.6. The normalized spacial score (nSPS) is 12.9. The van der Waals surface area contributed by atoms with Crippen LogP contribution in [0.1, 0.15) is 22.3 Å². The Morgan fingerprint density at radius 3 is 1.66 bits per heavy atom. The summed E-state index contributed by atoms with van der Waals surface area (Å²) < 4.78 is 2.47. The molecule has 10 aromatic carbocycles. The lowest BCUT2D eigenvalue weighted by Gasteiger charge is -2.35. The lowest BCUT2D eigenvalue weighted by molar-refractivity contribution is 0.768. The van der Waals surface area contributed by atoms with Gasteiger partial charge in [0.05, 0.1) is 27.8 Å². The first-order valence-electron chi connectivity index (χ1n) is 20.4. The second kappa shape index (κ2) is 13.2. The smallest absolute Gasteiger partial charge is 0.0714 e. The quantitative estimate of drug-likeness (QED) is 0.164. The van der Waals surface area contributed by atoms with Crippen LogP contribution in [-0.4, -0.2) is 4.57 Å². The monoisotopic (exact) mass is 750 g/mol. The van der Waals surface area contributed by atoms with Crippen LogP contribution in [-0.2, 0) is 5.41 Å². The molecule has 1 aliphatic carbocycles. The molecule has 59 heavy (non-hydrogen) atoms. The van der Waals surface area contributed by atoms with E-state index in [2.05, 4.69) is 240 Å². The van der Waals surface area contributed by atoms with E-state index < -0.39 is 5.41 Å². The van der Waals surface area contributed by atoms with Crippen molar-refractivity contribution < 1.29 is 0 Å². The van der Waals surface area contributed by atoms with Gasteiger partial charge in [0.1, 0.15) is 0 Å². The molecule has 1 heterocycles. The Bertz CT molecular complexity index is 3350. The van der Waals surface area contributed by atoms with E-state index in [9.17, 15) is 0 Å². The molecule has 11 aromatic rings. The van der Waals surface area contributed by atoms with Gasteiger partial charge < -0.3 is 9.47 Å². The molecule has 0 unspecified atom stereocenters. The highest BCUT2D eigenvalue weighted by molar-refractivity contribution is 6.12. The third kappa shape index (κ3) is 4.93. The van der Waals surface area contributed by atoms with Crippen LogP contribution in [0.5, 0.6) is 0 Å². The highest BCUT2D eigenvalue weighted by Gasteiger charge is 2.46. The van der Waals surface area contributed by atoms with Gasteiger partial charge in [0.2, 0.25) is 0 Å². The molecular weight excluding hydrogens is 713 g/mol. The van der Waals surface area contributed by atoms with Crippen molar-refractivity contribution in [1.82, 2.24) is 4.57 Å². The van der Waals surface area contributed by atoms with Gasteiger partial charge in [0.15, 0.2) is 0 Å². The zero-order valence-electron chi connectivity index (χ0n) is 32.3. The zero-order valence-corrected chi connectivity index (χ0v) is 32.3. The van der Waals surface area contributed by atoms with Gasteiger partial charge in [0.25, 0.3) is 0 Å². The van der Waals surface area contributed by atoms with Crippen LogP contribution in [0.4, 0.5) is 17.1 Å². The summed E-state index contributed by atoms with van der Waals surface area (Å²) in [6.07, 6.45) is 0. The summed E-state index contributed by atoms with van der Waals surface area (Å²) >= 11 is 0. The first-order chi connectivity index (χ1) is 29.3. The molecule has 0 radical (unpaired) electrons. The van der Waals surface area contributed by atoms with Crippen LogP contribution in [0.2, 0.25) is 0 Å². The van der Waals surface area contributed by atoms with E-state index in [1.54, 1.807) is 0 Å². The number of para-hydroxylation sites is 1. The minimum absolute atomic E-state index is 0.514. The lowest BCUT2D eigenvalue weighted by atomic mass is 9.67. The average Bonchev–Trinajstić information content (AvgIpc) is 3.79. The molecule has 0 N–H and O–H groups in total. The maximum atomic E-state index is 2.48. The highest BCUT2D eigenvalue weighted by Crippen LogP contribution is 2.57. The molecule has 2 nitrogen and oxygen atoms in total. The predicted molar refractivity (Wildman–Crippen MR) is 248 cm³/mol. The van der Waals surface area contributed by atoms with Gasteiger partial charge in [-0.2, -0.15) is 0 Å². The van der Waals surface area contributed by atoms with Gasteiger partial charge in [-0.3, -0.25) is 0 Å². The van der Waals surface area contributed by atoms with Crippen LogP contribution in [0.3, 0.4) is 0 Å². The standard InChI is InChI=1S/C57H38N2/c1-3-21-41(22-4-1)57(42-23-5-2-6-24-42)51-29-13-11-27-47(51)48-35-33-43(37-52(48)57)58(53-31-15-19-39-17-7-9-25-45(39)53)44-34-36-50-49-28-12-14-30-55(49)59(56(50)38-44)54-32-16-20-40-18-8-10-26-46(40)54/h1-38H. The van der Waals surface area contributed by atoms with Crippen LogP contribution < -0.4 is 4.90 Å². The molecule has 1 aliphatic rings. The van der Waals surface area contributed by atoms with Gasteiger partial charge in [-0.05, 0) is 86.6 Å². The number of fused-ring (bicyclic) bond motifs is 8. The van der Waals surface area contributed by atoms with Gasteiger partial charge >= 0.3 is 0 Å². The summed E-state index contributed by atoms with van der Waals surface area (Å²) in [4.78, 5) is 2.48. The number of rotatable bonds is 6. The SMILES string of the molecule is c1ccc(C2(c3ccccc3)c3ccccc3-c3ccc(N(c4ccc5c6ccccc6n(-c6cccc7ccccc67)c5c4)c4cccc5ccccc45)cc32)cc1. The molecule has 0 spiro atoms. The summed E-state index contributed by atoms with van der Waals surface area (Å²) in [5.74, 6) is 0. The summed E-state index contributed by atoms with van der Waals surface area (Å²) in [7, 11) is 0. The fourth-order valence-corrected chi connectivity index (χ4v) is 10.2. The van der Waals surface area contributed by atoms with Gasteiger partial charge in [-0.1, -0.05) is 188 Å². The molecule has 0 aliphatic heterocycles. The number of benzene rings is 10. The molecule has 0 saturated carbocycles. The molecule has 0 bridgehead atoms. The van der Waals surface area contributed by atoms with Crippen molar-refractivity contribution in [3.63, 3.8) is 0 Å². The maximum Gasteiger partial charge on any atom is 0.0714 e. The molecule has 12 rings (SSSR count). The Hall–Kier alpha value is -7.68. The fraction of sp³-hybridized carbons (Fsp3) is 0.0175. The Morgan fingerprint density at radius 1 is 0.339 bits per heavy atom. The Morgan fingerprint density at radius 2 is 0.881 bits per heavy atom. The van der Waals surface area contributed by atoms with E-state index in [0.717, 1.165) is 17.1 Å². The molecule has 2 heteroatoms. The van der Waals surface area contributed by atoms with Crippen molar-refractivity contribution in [3.05, 3.63) is 253 Å². The first-order valence-corrected chi connectivity index (χ1v) is 20.4. The number of hydrogen-bond acceptors (Lipinski definition) is 1. The van der Waals surface area contributed by atoms with Crippen molar-refractivity contribution in [2.75, 3.05) is 4.90 Å². The van der Waals surface area contributed by atoms with E-state index in [0.29, 0.717) is 0 Å². The van der Waals surface area contributed by atoms with Crippen LogP contribution >= 0.6 is 0 Å². The van der Waals surface area contributed by atoms with E-state index >= 15 is 0 Å². The van der Waals surface area contributed by atoms with Gasteiger partial charge in [0, 0.05) is 32.9 Å². The Balaban J connectivity index is 1.17. The number of aromatic nitrogens is 1. The summed E-state index contributed by atoms with van der Waals surface area (Å²) in [6, 6.07) is 85.0. The number of hydrogen-bond donors (Lipinski definition) is 0. The second-order valence-electron chi connectivity index (χ2n) is 15.6.